The van der Waals surface area contributed by atoms with Gasteiger partial charge >= 0.3 is 6.18 Å². The molecule has 0 amide bonds. The van der Waals surface area contributed by atoms with Gasteiger partial charge in [-0.15, -0.1) is 0 Å². The highest BCUT2D eigenvalue weighted by molar-refractivity contribution is 6.30. The Bertz CT molecular complexity index is 926. The van der Waals surface area contributed by atoms with E-state index in [1.807, 2.05) is 0 Å². The highest BCUT2D eigenvalue weighted by Crippen LogP contribution is 2.35. The maximum absolute atomic E-state index is 13.4. The Morgan fingerprint density at radius 2 is 1.41 bits per heavy atom. The zero-order chi connectivity index (χ0) is 20.9. The van der Waals surface area contributed by atoms with Crippen molar-refractivity contribution in [1.29, 1.82) is 0 Å². The van der Waals surface area contributed by atoms with Gasteiger partial charge in [0.25, 0.3) is 0 Å². The lowest BCUT2D eigenvalue weighted by Gasteiger charge is -2.21. The molecule has 1 atom stereocenters. The van der Waals surface area contributed by atoms with Gasteiger partial charge in [0.1, 0.15) is 17.4 Å². The molecular formula is C22H17Cl2F3O2. The molecule has 29 heavy (non-hydrogen) atoms. The van der Waals surface area contributed by atoms with Crippen molar-refractivity contribution in [2.75, 3.05) is 6.61 Å². The van der Waals surface area contributed by atoms with Gasteiger partial charge in [0.15, 0.2) is 0 Å². The van der Waals surface area contributed by atoms with Gasteiger partial charge < -0.3 is 9.47 Å². The Morgan fingerprint density at radius 1 is 0.793 bits per heavy atom. The summed E-state index contributed by atoms with van der Waals surface area (Å²) in [7, 11) is 0. The third-order valence-electron chi connectivity index (χ3n) is 4.17. The van der Waals surface area contributed by atoms with Crippen molar-refractivity contribution in [3.8, 4) is 11.5 Å². The molecule has 7 heteroatoms. The molecule has 3 aromatic rings. The first-order valence-corrected chi connectivity index (χ1v) is 9.49. The molecule has 0 aliphatic heterocycles. The lowest BCUT2D eigenvalue weighted by molar-refractivity contribution is -0.163. The van der Waals surface area contributed by atoms with Gasteiger partial charge in [-0.3, -0.25) is 0 Å². The predicted octanol–water partition coefficient (Wildman–Crippen LogP) is 7.65. The summed E-state index contributed by atoms with van der Waals surface area (Å²) in [6.07, 6.45) is -4.42. The molecule has 0 aliphatic carbocycles. The third kappa shape index (κ3) is 6.39. The lowest BCUT2D eigenvalue weighted by Crippen LogP contribution is -2.25. The highest BCUT2D eigenvalue weighted by atomic mass is 35.5. The Labute approximate surface area is 176 Å². The molecule has 152 valence electrons. The number of hydrogen-bond donors (Lipinski definition) is 0. The van der Waals surface area contributed by atoms with Gasteiger partial charge in [0, 0.05) is 10.0 Å². The molecule has 2 nitrogen and oxygen atoms in total. The molecule has 0 saturated carbocycles. The zero-order valence-electron chi connectivity index (χ0n) is 15.1. The van der Waals surface area contributed by atoms with E-state index in [2.05, 4.69) is 0 Å². The van der Waals surface area contributed by atoms with E-state index in [4.69, 9.17) is 32.7 Å². The van der Waals surface area contributed by atoms with E-state index in [0.717, 1.165) is 0 Å². The quantitative estimate of drug-likeness (QED) is 0.375. The number of alkyl halides is 3. The molecule has 0 aliphatic rings. The van der Waals surface area contributed by atoms with E-state index >= 15 is 0 Å². The molecule has 0 radical (unpaired) electrons. The summed E-state index contributed by atoms with van der Waals surface area (Å²) < 4.78 is 51.4. The topological polar surface area (TPSA) is 18.5 Å². The van der Waals surface area contributed by atoms with E-state index in [1.165, 1.54) is 24.3 Å². The van der Waals surface area contributed by atoms with Crippen molar-refractivity contribution in [2.24, 2.45) is 0 Å². The minimum atomic E-state index is -4.42. The smallest absolute Gasteiger partial charge is 0.397 e. The van der Waals surface area contributed by atoms with E-state index in [9.17, 15) is 13.2 Å². The molecule has 3 aromatic carbocycles. The van der Waals surface area contributed by atoms with Gasteiger partial charge in [0.05, 0.1) is 13.2 Å². The van der Waals surface area contributed by atoms with Gasteiger partial charge in [-0.2, -0.15) is 13.2 Å². The average molecular weight is 441 g/mol. The summed E-state index contributed by atoms with van der Waals surface area (Å²) in [5.41, 5.74) is 0.815. The number of halogens is 5. The van der Waals surface area contributed by atoms with Crippen LogP contribution in [0, 0.1) is 0 Å². The molecule has 1 unspecified atom stereocenters. The minimum absolute atomic E-state index is 0.0258. The van der Waals surface area contributed by atoms with Crippen LogP contribution < -0.4 is 4.74 Å². The van der Waals surface area contributed by atoms with E-state index in [1.54, 1.807) is 48.5 Å². The van der Waals surface area contributed by atoms with Crippen LogP contribution in [0.1, 0.15) is 17.0 Å². The van der Waals surface area contributed by atoms with Crippen LogP contribution in [-0.2, 0) is 11.3 Å². The van der Waals surface area contributed by atoms with Crippen LogP contribution in [0.25, 0.3) is 0 Å². The van der Waals surface area contributed by atoms with Gasteiger partial charge in [-0.25, -0.2) is 0 Å². The number of ether oxygens (including phenoxy) is 2. The minimum Gasteiger partial charge on any atom is -0.457 e. The summed E-state index contributed by atoms with van der Waals surface area (Å²) in [5.74, 6) is -0.570. The zero-order valence-corrected chi connectivity index (χ0v) is 16.6. The summed E-state index contributed by atoms with van der Waals surface area (Å²) in [6.45, 7) is -0.467. The van der Waals surface area contributed by atoms with Crippen LogP contribution in [0.4, 0.5) is 13.2 Å². The van der Waals surface area contributed by atoms with Crippen LogP contribution in [0.3, 0.4) is 0 Å². The van der Waals surface area contributed by atoms with Crippen molar-refractivity contribution in [2.45, 2.75) is 18.7 Å². The van der Waals surface area contributed by atoms with Crippen molar-refractivity contribution >= 4 is 23.2 Å². The average Bonchev–Trinajstić information content (AvgIpc) is 2.67. The molecule has 3 rings (SSSR count). The number of hydrogen-bond acceptors (Lipinski definition) is 2. The molecule has 0 saturated heterocycles. The second-order valence-electron chi connectivity index (χ2n) is 6.36. The molecule has 0 spiro atoms. The van der Waals surface area contributed by atoms with Crippen molar-refractivity contribution in [3.05, 3.63) is 94.0 Å². The molecule has 0 bridgehead atoms. The largest absolute Gasteiger partial charge is 0.457 e. The standard InChI is InChI=1S/C22H17Cl2F3O2/c23-17-6-4-16(5-7-17)21(22(25,26)27)14-28-13-15-2-1-3-20(12-15)29-19-10-8-18(24)9-11-19/h1-12,21H,13-14H2. The van der Waals surface area contributed by atoms with Crippen molar-refractivity contribution in [1.82, 2.24) is 0 Å². The van der Waals surface area contributed by atoms with E-state index in [0.29, 0.717) is 27.1 Å². The van der Waals surface area contributed by atoms with Crippen molar-refractivity contribution < 1.29 is 22.6 Å². The summed E-state index contributed by atoms with van der Waals surface area (Å²) in [6, 6.07) is 19.5. The number of benzene rings is 3. The Morgan fingerprint density at radius 3 is 2.03 bits per heavy atom. The van der Waals surface area contributed by atoms with Crippen LogP contribution in [0.5, 0.6) is 11.5 Å². The fourth-order valence-electron chi connectivity index (χ4n) is 2.71. The maximum Gasteiger partial charge on any atom is 0.397 e. The molecule has 0 fully saturated rings. The third-order valence-corrected chi connectivity index (χ3v) is 4.67. The van der Waals surface area contributed by atoms with Crippen LogP contribution in [0.2, 0.25) is 10.0 Å². The fourth-order valence-corrected chi connectivity index (χ4v) is 2.96. The normalized spacial score (nSPS) is 12.6. The first kappa shape index (κ1) is 21.5. The van der Waals surface area contributed by atoms with Crippen LogP contribution >= 0.6 is 23.2 Å². The van der Waals surface area contributed by atoms with E-state index in [-0.39, 0.29) is 12.2 Å². The highest BCUT2D eigenvalue weighted by Gasteiger charge is 2.40. The fraction of sp³-hybridized carbons (Fsp3) is 0.182. The van der Waals surface area contributed by atoms with Gasteiger partial charge in [0.2, 0.25) is 0 Å². The first-order chi connectivity index (χ1) is 13.8. The maximum atomic E-state index is 13.4. The molecule has 0 heterocycles. The number of rotatable bonds is 7. The predicted molar refractivity (Wildman–Crippen MR) is 108 cm³/mol. The molecule has 0 N–H and O–H groups in total. The first-order valence-electron chi connectivity index (χ1n) is 8.73. The van der Waals surface area contributed by atoms with Gasteiger partial charge in [-0.1, -0.05) is 47.5 Å². The van der Waals surface area contributed by atoms with Crippen molar-refractivity contribution in [3.63, 3.8) is 0 Å². The van der Waals surface area contributed by atoms with E-state index < -0.39 is 18.7 Å². The lowest BCUT2D eigenvalue weighted by atomic mass is 9.99. The summed E-state index contributed by atoms with van der Waals surface area (Å²) in [5, 5.41) is 0.979. The Kier molecular flexibility index (Phi) is 7.06. The second-order valence-corrected chi connectivity index (χ2v) is 7.24. The monoisotopic (exact) mass is 440 g/mol. The van der Waals surface area contributed by atoms with Gasteiger partial charge in [-0.05, 0) is 59.7 Å². The van der Waals surface area contributed by atoms with Crippen LogP contribution in [-0.4, -0.2) is 12.8 Å². The SMILES string of the molecule is FC(F)(F)C(COCc1cccc(Oc2ccc(Cl)cc2)c1)c1ccc(Cl)cc1. The summed E-state index contributed by atoms with van der Waals surface area (Å²) in [4.78, 5) is 0. The Balaban J connectivity index is 1.62. The van der Waals surface area contributed by atoms with Crippen LogP contribution in [0.15, 0.2) is 72.8 Å². The summed E-state index contributed by atoms with van der Waals surface area (Å²) >= 11 is 11.6. The molecular weight excluding hydrogens is 424 g/mol. The second kappa shape index (κ2) is 9.53. The molecule has 0 aromatic heterocycles. The Hall–Kier alpha value is -2.21.